The van der Waals surface area contributed by atoms with Crippen LogP contribution in [0.1, 0.15) is 13.3 Å². The van der Waals surface area contributed by atoms with Gasteiger partial charge in [0.15, 0.2) is 0 Å². The first-order valence-electron chi connectivity index (χ1n) is 3.46. The van der Waals surface area contributed by atoms with Crippen molar-refractivity contribution in [3.05, 3.63) is 11.6 Å². The van der Waals surface area contributed by atoms with Crippen LogP contribution in [0.4, 0.5) is 0 Å². The summed E-state index contributed by atoms with van der Waals surface area (Å²) in [6.45, 7) is 1.74. The molecule has 0 spiro atoms. The molecule has 1 N–H and O–H groups in total. The zero-order valence-corrected chi connectivity index (χ0v) is 7.07. The summed E-state index contributed by atoms with van der Waals surface area (Å²) in [6.07, 6.45) is 1.10. The lowest BCUT2D eigenvalue weighted by molar-refractivity contribution is -0.133. The third kappa shape index (κ3) is 3.74. The van der Waals surface area contributed by atoms with Crippen LogP contribution in [0.2, 0.25) is 0 Å². The number of hydrogen-bond donors (Lipinski definition) is 1. The number of carboxylic acid groups (broad SMARTS) is 1. The quantitative estimate of drug-likeness (QED) is 0.502. The highest BCUT2D eigenvalue weighted by atomic mass is 16.5. The van der Waals surface area contributed by atoms with Gasteiger partial charge in [0.2, 0.25) is 0 Å². The number of methoxy groups -OCH3 is 1. The van der Waals surface area contributed by atoms with Crippen LogP contribution in [-0.4, -0.2) is 24.3 Å². The van der Waals surface area contributed by atoms with Gasteiger partial charge in [-0.25, -0.2) is 4.79 Å². The number of rotatable bonds is 4. The molecule has 1 unspecified atom stereocenters. The van der Waals surface area contributed by atoms with Gasteiger partial charge in [0.1, 0.15) is 0 Å². The van der Waals surface area contributed by atoms with Gasteiger partial charge in [-0.3, -0.25) is 0 Å². The minimum absolute atomic E-state index is 0.0758. The summed E-state index contributed by atoms with van der Waals surface area (Å²) in [7, 11) is 1.50. The molecular weight excluding hydrogens is 158 g/mol. The average molecular weight is 169 g/mol. The smallest absolute Gasteiger partial charge is 0.332 e. The lowest BCUT2D eigenvalue weighted by Gasteiger charge is -2.07. The number of hydrogen-bond acceptors (Lipinski definition) is 3. The highest BCUT2D eigenvalue weighted by Crippen LogP contribution is 2.07. The van der Waals surface area contributed by atoms with Gasteiger partial charge in [0.25, 0.3) is 0 Å². The van der Waals surface area contributed by atoms with Gasteiger partial charge >= 0.3 is 5.97 Å². The number of aliphatic carboxylic acids is 1. The van der Waals surface area contributed by atoms with Crippen LogP contribution in [-0.2, 0) is 9.53 Å². The molecule has 0 saturated heterocycles. The van der Waals surface area contributed by atoms with E-state index in [0.717, 1.165) is 6.08 Å². The van der Waals surface area contributed by atoms with Crippen LogP contribution in [0, 0.1) is 11.3 Å². The Kier molecular flexibility index (Phi) is 4.73. The van der Waals surface area contributed by atoms with Crippen molar-refractivity contribution in [2.24, 2.45) is 0 Å². The molecule has 0 aliphatic carbocycles. The maximum absolute atomic E-state index is 10.5. The Morgan fingerprint density at radius 3 is 2.75 bits per heavy atom. The molecule has 0 saturated carbocycles. The predicted octanol–water partition coefficient (Wildman–Crippen LogP) is 0.946. The number of ether oxygens (including phenoxy) is 1. The molecule has 12 heavy (non-hydrogen) atoms. The molecule has 0 aromatic rings. The van der Waals surface area contributed by atoms with E-state index in [2.05, 4.69) is 0 Å². The van der Waals surface area contributed by atoms with Crippen molar-refractivity contribution in [1.29, 1.82) is 5.26 Å². The van der Waals surface area contributed by atoms with E-state index in [1.165, 1.54) is 7.11 Å². The first kappa shape index (κ1) is 10.7. The van der Waals surface area contributed by atoms with Crippen molar-refractivity contribution in [3.8, 4) is 6.07 Å². The zero-order chi connectivity index (χ0) is 9.56. The molecule has 0 aliphatic rings. The largest absolute Gasteiger partial charge is 0.478 e. The molecule has 1 atom stereocenters. The third-order valence-corrected chi connectivity index (χ3v) is 1.42. The molecule has 0 bridgehead atoms. The molecule has 0 radical (unpaired) electrons. The lowest BCUT2D eigenvalue weighted by atomic mass is 10.1. The Balaban J connectivity index is 4.27. The van der Waals surface area contributed by atoms with E-state index in [4.69, 9.17) is 15.1 Å². The lowest BCUT2D eigenvalue weighted by Crippen LogP contribution is -2.11. The summed E-state index contributed by atoms with van der Waals surface area (Å²) in [4.78, 5) is 10.5. The molecule has 0 aliphatic heterocycles. The van der Waals surface area contributed by atoms with E-state index in [0.29, 0.717) is 0 Å². The molecule has 4 nitrogen and oxygen atoms in total. The number of allylic oxidation sites excluding steroid dienone is 1. The first-order chi connectivity index (χ1) is 5.61. The van der Waals surface area contributed by atoms with Crippen molar-refractivity contribution >= 4 is 5.97 Å². The summed E-state index contributed by atoms with van der Waals surface area (Å²) >= 11 is 0. The van der Waals surface area contributed by atoms with E-state index in [1.807, 2.05) is 0 Å². The Bertz CT molecular complexity index is 227. The topological polar surface area (TPSA) is 70.3 Å². The second-order valence-electron chi connectivity index (χ2n) is 2.35. The third-order valence-electron chi connectivity index (χ3n) is 1.42. The van der Waals surface area contributed by atoms with Gasteiger partial charge in [-0.1, -0.05) is 0 Å². The van der Waals surface area contributed by atoms with Gasteiger partial charge < -0.3 is 9.84 Å². The fraction of sp³-hybridized carbons (Fsp3) is 0.500. The highest BCUT2D eigenvalue weighted by molar-refractivity contribution is 5.87. The molecule has 0 aromatic heterocycles. The molecule has 0 rings (SSSR count). The maximum atomic E-state index is 10.5. The SMILES string of the molecule is COC(C)C/C(=C/C#N)C(=O)O. The van der Waals surface area contributed by atoms with E-state index in [-0.39, 0.29) is 18.1 Å². The zero-order valence-electron chi connectivity index (χ0n) is 7.07. The van der Waals surface area contributed by atoms with Crippen LogP contribution in [0.5, 0.6) is 0 Å². The van der Waals surface area contributed by atoms with Crippen molar-refractivity contribution < 1.29 is 14.6 Å². The number of carboxylic acids is 1. The Morgan fingerprint density at radius 2 is 2.42 bits per heavy atom. The molecule has 0 fully saturated rings. The van der Waals surface area contributed by atoms with Gasteiger partial charge in [-0.2, -0.15) is 5.26 Å². The Morgan fingerprint density at radius 1 is 1.83 bits per heavy atom. The minimum atomic E-state index is -1.07. The van der Waals surface area contributed by atoms with Crippen molar-refractivity contribution in [3.63, 3.8) is 0 Å². The van der Waals surface area contributed by atoms with E-state index >= 15 is 0 Å². The summed E-state index contributed by atoms with van der Waals surface area (Å²) in [5, 5.41) is 16.8. The molecule has 0 amide bonds. The van der Waals surface area contributed by atoms with Crippen LogP contribution in [0.25, 0.3) is 0 Å². The van der Waals surface area contributed by atoms with Gasteiger partial charge in [0, 0.05) is 25.2 Å². The van der Waals surface area contributed by atoms with Crippen molar-refractivity contribution in [2.45, 2.75) is 19.4 Å². The van der Waals surface area contributed by atoms with E-state index in [9.17, 15) is 4.79 Å². The first-order valence-corrected chi connectivity index (χ1v) is 3.46. The second-order valence-corrected chi connectivity index (χ2v) is 2.35. The summed E-state index contributed by atoms with van der Waals surface area (Å²) < 4.78 is 4.86. The van der Waals surface area contributed by atoms with E-state index < -0.39 is 5.97 Å². The summed E-state index contributed by atoms with van der Waals surface area (Å²) in [5.74, 6) is -1.07. The average Bonchev–Trinajstić information content (AvgIpc) is 2.03. The number of nitriles is 1. The summed E-state index contributed by atoms with van der Waals surface area (Å²) in [6, 6.07) is 1.68. The predicted molar refractivity (Wildman–Crippen MR) is 42.4 cm³/mol. The molecule has 66 valence electrons. The minimum Gasteiger partial charge on any atom is -0.478 e. The van der Waals surface area contributed by atoms with Gasteiger partial charge in [-0.15, -0.1) is 0 Å². The van der Waals surface area contributed by atoms with Crippen LogP contribution < -0.4 is 0 Å². The fourth-order valence-corrected chi connectivity index (χ4v) is 0.679. The van der Waals surface area contributed by atoms with Crippen LogP contribution in [0.15, 0.2) is 11.6 Å². The Hall–Kier alpha value is -1.34. The second kappa shape index (κ2) is 5.33. The molecule has 0 aromatic carbocycles. The Labute approximate surface area is 71.1 Å². The van der Waals surface area contributed by atoms with Crippen LogP contribution in [0.3, 0.4) is 0 Å². The normalized spacial score (nSPS) is 13.6. The van der Waals surface area contributed by atoms with Crippen molar-refractivity contribution in [1.82, 2.24) is 0 Å². The summed E-state index contributed by atoms with van der Waals surface area (Å²) in [5.41, 5.74) is 0.0758. The molecule has 0 heterocycles. The molecular formula is C8H11NO3. The van der Waals surface area contributed by atoms with Crippen molar-refractivity contribution in [2.75, 3.05) is 7.11 Å². The maximum Gasteiger partial charge on any atom is 0.332 e. The van der Waals surface area contributed by atoms with Gasteiger partial charge in [-0.05, 0) is 6.92 Å². The van der Waals surface area contributed by atoms with Gasteiger partial charge in [0.05, 0.1) is 12.2 Å². The number of nitrogens with zero attached hydrogens (tertiary/aromatic N) is 1. The number of carbonyl (C=O) groups is 1. The van der Waals surface area contributed by atoms with E-state index in [1.54, 1.807) is 13.0 Å². The fourth-order valence-electron chi connectivity index (χ4n) is 0.679. The monoisotopic (exact) mass is 169 g/mol. The standard InChI is InChI=1S/C8H11NO3/c1-6(12-2)5-7(3-4-9)8(10)11/h3,6H,5H2,1-2H3,(H,10,11)/b7-3-. The molecule has 4 heteroatoms. The van der Waals surface area contributed by atoms with Crippen LogP contribution >= 0.6 is 0 Å². The highest BCUT2D eigenvalue weighted by Gasteiger charge is 2.10.